The van der Waals surface area contributed by atoms with Gasteiger partial charge in [0.25, 0.3) is 0 Å². The maximum absolute atomic E-state index is 10.9. The number of hydrogen-bond acceptors (Lipinski definition) is 5. The molecular weight excluding hydrogens is 254 g/mol. The summed E-state index contributed by atoms with van der Waals surface area (Å²) < 4.78 is 0. The van der Waals surface area contributed by atoms with Gasteiger partial charge in [0.05, 0.1) is 11.3 Å². The number of rotatable bonds is 3. The molecule has 1 aliphatic rings. The van der Waals surface area contributed by atoms with Crippen LogP contribution in [0.4, 0.5) is 11.5 Å². The molecule has 1 aromatic rings. The van der Waals surface area contributed by atoms with Crippen molar-refractivity contribution in [2.24, 2.45) is 5.92 Å². The van der Waals surface area contributed by atoms with E-state index in [0.717, 1.165) is 32.5 Å². The molecule has 0 atom stereocenters. The molecule has 0 unspecified atom stereocenters. The lowest BCUT2D eigenvalue weighted by atomic mass is 9.96. The van der Waals surface area contributed by atoms with Crippen LogP contribution in [0.3, 0.4) is 0 Å². The van der Waals surface area contributed by atoms with E-state index in [-0.39, 0.29) is 5.91 Å². The molecule has 3 N–H and O–H groups in total. The molecule has 1 amide bonds. The zero-order valence-corrected chi connectivity index (χ0v) is 11.6. The first-order chi connectivity index (χ1) is 9.61. The molecule has 20 heavy (non-hydrogen) atoms. The number of carbonyl (C=O) groups excluding carboxylic acids is 1. The van der Waals surface area contributed by atoms with Crippen LogP contribution >= 0.6 is 0 Å². The first kappa shape index (κ1) is 14.1. The summed E-state index contributed by atoms with van der Waals surface area (Å²) in [5, 5.41) is 11.8. The van der Waals surface area contributed by atoms with Crippen LogP contribution in [-0.2, 0) is 4.79 Å². The van der Waals surface area contributed by atoms with E-state index in [0.29, 0.717) is 23.0 Å². The summed E-state index contributed by atoms with van der Waals surface area (Å²) in [5.41, 5.74) is 6.90. The highest BCUT2D eigenvalue weighted by molar-refractivity contribution is 5.72. The predicted octanol–water partition coefficient (Wildman–Crippen LogP) is 0.888. The van der Waals surface area contributed by atoms with Gasteiger partial charge in [-0.1, -0.05) is 0 Å². The van der Waals surface area contributed by atoms with Gasteiger partial charge in [0.15, 0.2) is 5.82 Å². The molecule has 0 saturated carbocycles. The van der Waals surface area contributed by atoms with E-state index in [4.69, 9.17) is 11.0 Å². The smallest absolute Gasteiger partial charge is 0.216 e. The molecule has 0 radical (unpaired) electrons. The van der Waals surface area contributed by atoms with Crippen molar-refractivity contribution in [3.63, 3.8) is 0 Å². The molecular formula is C14H19N5O. The third-order valence-corrected chi connectivity index (χ3v) is 3.64. The SMILES string of the molecule is CC(=O)NCC1CCN(c2nccc(C#N)c2N)CC1. The summed E-state index contributed by atoms with van der Waals surface area (Å²) >= 11 is 0. The van der Waals surface area contributed by atoms with Crippen LogP contribution in [0.5, 0.6) is 0 Å². The molecule has 2 heterocycles. The van der Waals surface area contributed by atoms with Gasteiger partial charge in [0.2, 0.25) is 5.91 Å². The number of hydrogen-bond donors (Lipinski definition) is 2. The molecule has 0 spiro atoms. The molecule has 1 aromatic heterocycles. The Morgan fingerprint density at radius 2 is 2.30 bits per heavy atom. The van der Waals surface area contributed by atoms with Gasteiger partial charge in [0.1, 0.15) is 6.07 Å². The average Bonchev–Trinajstić information content (AvgIpc) is 2.46. The monoisotopic (exact) mass is 273 g/mol. The van der Waals surface area contributed by atoms with Gasteiger partial charge in [0, 0.05) is 32.8 Å². The number of aromatic nitrogens is 1. The molecule has 1 aliphatic heterocycles. The van der Waals surface area contributed by atoms with Gasteiger partial charge in [-0.15, -0.1) is 0 Å². The lowest BCUT2D eigenvalue weighted by Crippen LogP contribution is -2.38. The number of nitriles is 1. The Labute approximate surface area is 118 Å². The first-order valence-electron chi connectivity index (χ1n) is 6.75. The number of amides is 1. The van der Waals surface area contributed by atoms with Gasteiger partial charge in [-0.05, 0) is 24.8 Å². The Morgan fingerprint density at radius 1 is 1.60 bits per heavy atom. The zero-order chi connectivity index (χ0) is 14.5. The van der Waals surface area contributed by atoms with Crippen LogP contribution in [0.25, 0.3) is 0 Å². The van der Waals surface area contributed by atoms with Crippen molar-refractivity contribution in [1.29, 1.82) is 5.26 Å². The van der Waals surface area contributed by atoms with Crippen molar-refractivity contribution >= 4 is 17.4 Å². The van der Waals surface area contributed by atoms with E-state index in [1.165, 1.54) is 6.92 Å². The highest BCUT2D eigenvalue weighted by atomic mass is 16.1. The van der Waals surface area contributed by atoms with E-state index < -0.39 is 0 Å². The molecule has 0 bridgehead atoms. The standard InChI is InChI=1S/C14H19N5O/c1-10(20)18-9-11-3-6-19(7-4-11)14-13(16)12(8-15)2-5-17-14/h2,5,11H,3-4,6-7,9,16H2,1H3,(H,18,20). The molecule has 0 aromatic carbocycles. The Bertz CT molecular complexity index is 529. The predicted molar refractivity (Wildman–Crippen MR) is 77.0 cm³/mol. The molecule has 6 nitrogen and oxygen atoms in total. The summed E-state index contributed by atoms with van der Waals surface area (Å²) in [7, 11) is 0. The van der Waals surface area contributed by atoms with Crippen LogP contribution < -0.4 is 16.0 Å². The number of nitrogens with one attached hydrogen (secondary N) is 1. The van der Waals surface area contributed by atoms with E-state index in [1.54, 1.807) is 12.3 Å². The van der Waals surface area contributed by atoms with Gasteiger partial charge in [-0.25, -0.2) is 4.98 Å². The summed E-state index contributed by atoms with van der Waals surface area (Å²) in [4.78, 5) is 17.3. The van der Waals surface area contributed by atoms with Gasteiger partial charge in [-0.3, -0.25) is 4.79 Å². The molecule has 1 saturated heterocycles. The topological polar surface area (TPSA) is 95.0 Å². The Morgan fingerprint density at radius 3 is 2.90 bits per heavy atom. The van der Waals surface area contributed by atoms with Crippen molar-refractivity contribution < 1.29 is 4.79 Å². The molecule has 6 heteroatoms. The third kappa shape index (κ3) is 3.18. The minimum absolute atomic E-state index is 0.0139. The van der Waals surface area contributed by atoms with Crippen molar-refractivity contribution in [2.75, 3.05) is 30.3 Å². The van der Waals surface area contributed by atoms with Crippen molar-refractivity contribution in [1.82, 2.24) is 10.3 Å². The quantitative estimate of drug-likeness (QED) is 0.852. The van der Waals surface area contributed by atoms with Crippen LogP contribution in [0.15, 0.2) is 12.3 Å². The molecule has 2 rings (SSSR count). The maximum Gasteiger partial charge on any atom is 0.216 e. The number of anilines is 2. The third-order valence-electron chi connectivity index (χ3n) is 3.64. The highest BCUT2D eigenvalue weighted by Crippen LogP contribution is 2.27. The largest absolute Gasteiger partial charge is 0.395 e. The lowest BCUT2D eigenvalue weighted by Gasteiger charge is -2.33. The fraction of sp³-hybridized carbons (Fsp3) is 0.500. The Balaban J connectivity index is 1.97. The second kappa shape index (κ2) is 6.24. The highest BCUT2D eigenvalue weighted by Gasteiger charge is 2.22. The van der Waals surface area contributed by atoms with Crippen molar-refractivity contribution in [3.8, 4) is 6.07 Å². The number of piperidine rings is 1. The number of nitrogens with zero attached hydrogens (tertiary/aromatic N) is 3. The Kier molecular flexibility index (Phi) is 4.41. The fourth-order valence-corrected chi connectivity index (χ4v) is 2.45. The van der Waals surface area contributed by atoms with Crippen molar-refractivity contribution in [3.05, 3.63) is 17.8 Å². The number of nitrogen functional groups attached to an aromatic ring is 1. The number of nitrogens with two attached hydrogens (primary N) is 1. The second-order valence-corrected chi connectivity index (χ2v) is 5.08. The minimum atomic E-state index is 0.0139. The Hall–Kier alpha value is -2.29. The number of pyridine rings is 1. The normalized spacial score (nSPS) is 15.7. The van der Waals surface area contributed by atoms with Crippen LogP contribution in [0.1, 0.15) is 25.3 Å². The summed E-state index contributed by atoms with van der Waals surface area (Å²) in [6, 6.07) is 3.70. The van der Waals surface area contributed by atoms with E-state index in [2.05, 4.69) is 21.3 Å². The minimum Gasteiger partial charge on any atom is -0.395 e. The maximum atomic E-state index is 10.9. The van der Waals surface area contributed by atoms with Gasteiger partial charge in [-0.2, -0.15) is 5.26 Å². The summed E-state index contributed by atoms with van der Waals surface area (Å²) in [5.74, 6) is 1.21. The molecule has 106 valence electrons. The summed E-state index contributed by atoms with van der Waals surface area (Å²) in [6.07, 6.45) is 3.59. The van der Waals surface area contributed by atoms with Crippen LogP contribution in [-0.4, -0.2) is 30.5 Å². The van der Waals surface area contributed by atoms with E-state index >= 15 is 0 Å². The van der Waals surface area contributed by atoms with E-state index in [9.17, 15) is 4.79 Å². The summed E-state index contributed by atoms with van der Waals surface area (Å²) in [6.45, 7) is 3.95. The van der Waals surface area contributed by atoms with E-state index in [1.807, 2.05) is 0 Å². The lowest BCUT2D eigenvalue weighted by molar-refractivity contribution is -0.119. The van der Waals surface area contributed by atoms with Gasteiger partial charge >= 0.3 is 0 Å². The first-order valence-corrected chi connectivity index (χ1v) is 6.75. The molecule has 0 aliphatic carbocycles. The molecule has 1 fully saturated rings. The van der Waals surface area contributed by atoms with Crippen LogP contribution in [0.2, 0.25) is 0 Å². The van der Waals surface area contributed by atoms with Gasteiger partial charge < -0.3 is 16.0 Å². The zero-order valence-electron chi connectivity index (χ0n) is 11.6. The average molecular weight is 273 g/mol. The van der Waals surface area contributed by atoms with Crippen molar-refractivity contribution in [2.45, 2.75) is 19.8 Å². The second-order valence-electron chi connectivity index (χ2n) is 5.08. The fourth-order valence-electron chi connectivity index (χ4n) is 2.45. The number of carbonyl (C=O) groups is 1. The van der Waals surface area contributed by atoms with Crippen LogP contribution in [0, 0.1) is 17.2 Å².